The Morgan fingerprint density at radius 3 is 3.05 bits per heavy atom. The van der Waals surface area contributed by atoms with E-state index in [1.54, 1.807) is 23.1 Å². The second-order valence-electron chi connectivity index (χ2n) is 5.43. The van der Waals surface area contributed by atoms with Crippen molar-refractivity contribution in [1.29, 1.82) is 0 Å². The standard InChI is InChI=1S/C14H24N4OS2/c1-11-16-17-14(21-11)20-10-6-8-15-13(19)12-7-4-3-5-9-18(12)2/h12H,3-10H2,1-2H3,(H,15,19)/t12-/m0/s1. The Bertz CT molecular complexity index is 452. The number of carbonyl (C=O) groups is 1. The van der Waals surface area contributed by atoms with Crippen LogP contribution >= 0.6 is 23.1 Å². The SMILES string of the molecule is Cc1nnc(SCCCNC(=O)[C@@H]2CCCCCN2C)s1. The summed E-state index contributed by atoms with van der Waals surface area (Å²) in [7, 11) is 2.06. The maximum atomic E-state index is 12.2. The van der Waals surface area contributed by atoms with E-state index in [1.165, 1.54) is 12.8 Å². The molecule has 1 amide bonds. The van der Waals surface area contributed by atoms with Crippen LogP contribution in [0.2, 0.25) is 0 Å². The van der Waals surface area contributed by atoms with Gasteiger partial charge in [-0.2, -0.15) is 0 Å². The Balaban J connectivity index is 1.62. The van der Waals surface area contributed by atoms with Crippen LogP contribution in [0.4, 0.5) is 0 Å². The van der Waals surface area contributed by atoms with Crippen molar-refractivity contribution in [3.8, 4) is 0 Å². The summed E-state index contributed by atoms with van der Waals surface area (Å²) in [6.07, 6.45) is 5.56. The van der Waals surface area contributed by atoms with Gasteiger partial charge in [0.05, 0.1) is 6.04 Å². The first-order chi connectivity index (χ1) is 10.2. The number of nitrogens with one attached hydrogen (secondary N) is 1. The number of hydrogen-bond acceptors (Lipinski definition) is 6. The fraction of sp³-hybridized carbons (Fsp3) is 0.786. The number of hydrogen-bond donors (Lipinski definition) is 1. The monoisotopic (exact) mass is 328 g/mol. The second kappa shape index (κ2) is 8.70. The van der Waals surface area contributed by atoms with E-state index in [-0.39, 0.29) is 11.9 Å². The van der Waals surface area contributed by atoms with Gasteiger partial charge in [0.15, 0.2) is 4.34 Å². The molecule has 2 heterocycles. The third-order valence-corrected chi connectivity index (χ3v) is 5.73. The molecule has 0 aliphatic carbocycles. The Hall–Kier alpha value is -0.660. The summed E-state index contributed by atoms with van der Waals surface area (Å²) in [6.45, 7) is 3.74. The lowest BCUT2D eigenvalue weighted by Gasteiger charge is -2.24. The van der Waals surface area contributed by atoms with E-state index >= 15 is 0 Å². The number of aromatic nitrogens is 2. The predicted molar refractivity (Wildman–Crippen MR) is 87.9 cm³/mol. The van der Waals surface area contributed by atoms with Crippen LogP contribution < -0.4 is 5.32 Å². The zero-order valence-corrected chi connectivity index (χ0v) is 14.4. The molecule has 1 N–H and O–H groups in total. The fourth-order valence-corrected chi connectivity index (χ4v) is 4.31. The lowest BCUT2D eigenvalue weighted by molar-refractivity contribution is -0.126. The van der Waals surface area contributed by atoms with Crippen LogP contribution in [0.1, 0.15) is 37.1 Å². The van der Waals surface area contributed by atoms with Gasteiger partial charge in [0.1, 0.15) is 5.01 Å². The third kappa shape index (κ3) is 5.56. The van der Waals surface area contributed by atoms with E-state index < -0.39 is 0 Å². The van der Waals surface area contributed by atoms with E-state index in [2.05, 4.69) is 27.5 Å². The number of likely N-dealkylation sites (tertiary alicyclic amines) is 1. The van der Waals surface area contributed by atoms with Crippen LogP contribution in [0, 0.1) is 6.92 Å². The van der Waals surface area contributed by atoms with Crippen molar-refractivity contribution in [3.63, 3.8) is 0 Å². The van der Waals surface area contributed by atoms with Gasteiger partial charge in [0, 0.05) is 12.3 Å². The first kappa shape index (κ1) is 16.7. The summed E-state index contributed by atoms with van der Waals surface area (Å²) in [5.74, 6) is 1.16. The molecule has 1 aromatic heterocycles. The molecule has 1 aliphatic heterocycles. The van der Waals surface area contributed by atoms with Gasteiger partial charge in [-0.15, -0.1) is 10.2 Å². The zero-order chi connectivity index (χ0) is 15.1. The summed E-state index contributed by atoms with van der Waals surface area (Å²) in [5, 5.41) is 12.2. The molecule has 0 saturated carbocycles. The van der Waals surface area contributed by atoms with Crippen molar-refractivity contribution in [3.05, 3.63) is 5.01 Å². The number of thioether (sulfide) groups is 1. The minimum atomic E-state index is 0.0611. The van der Waals surface area contributed by atoms with Gasteiger partial charge < -0.3 is 5.32 Å². The van der Waals surface area contributed by atoms with E-state index in [1.807, 2.05) is 6.92 Å². The summed E-state index contributed by atoms with van der Waals surface area (Å²) in [4.78, 5) is 14.4. The highest BCUT2D eigenvalue weighted by atomic mass is 32.2. The Kier molecular flexibility index (Phi) is 6.92. The first-order valence-electron chi connectivity index (χ1n) is 7.57. The summed E-state index contributed by atoms with van der Waals surface area (Å²) in [6, 6.07) is 0.0611. The second-order valence-corrected chi connectivity index (χ2v) is 7.95. The fourth-order valence-electron chi connectivity index (χ4n) is 2.48. The van der Waals surface area contributed by atoms with Crippen LogP contribution in [-0.2, 0) is 4.79 Å². The highest BCUT2D eigenvalue weighted by molar-refractivity contribution is 8.01. The quantitative estimate of drug-likeness (QED) is 0.641. The van der Waals surface area contributed by atoms with Crippen molar-refractivity contribution < 1.29 is 4.79 Å². The molecule has 1 fully saturated rings. The molecule has 118 valence electrons. The molecular formula is C14H24N4OS2. The maximum absolute atomic E-state index is 12.2. The molecule has 2 rings (SSSR count). The molecule has 7 heteroatoms. The van der Waals surface area contributed by atoms with Crippen molar-refractivity contribution >= 4 is 29.0 Å². The van der Waals surface area contributed by atoms with Gasteiger partial charge in [0.2, 0.25) is 5.91 Å². The van der Waals surface area contributed by atoms with E-state index in [9.17, 15) is 4.79 Å². The minimum absolute atomic E-state index is 0.0611. The highest BCUT2D eigenvalue weighted by Crippen LogP contribution is 2.22. The van der Waals surface area contributed by atoms with Crippen molar-refractivity contribution in [2.75, 3.05) is 25.9 Å². The molecule has 1 saturated heterocycles. The summed E-state index contributed by atoms with van der Waals surface area (Å²) in [5.41, 5.74) is 0. The molecule has 21 heavy (non-hydrogen) atoms. The predicted octanol–water partition coefficient (Wildman–Crippen LogP) is 2.32. The number of rotatable bonds is 6. The van der Waals surface area contributed by atoms with Gasteiger partial charge in [-0.05, 0) is 39.8 Å². The number of likely N-dealkylation sites (N-methyl/N-ethyl adjacent to an activating group) is 1. The summed E-state index contributed by atoms with van der Waals surface area (Å²) < 4.78 is 1.02. The van der Waals surface area contributed by atoms with Crippen LogP contribution in [-0.4, -0.2) is 52.9 Å². The smallest absolute Gasteiger partial charge is 0.237 e. The lowest BCUT2D eigenvalue weighted by atomic mass is 10.1. The molecule has 1 atom stereocenters. The van der Waals surface area contributed by atoms with Gasteiger partial charge in [0.25, 0.3) is 0 Å². The van der Waals surface area contributed by atoms with Crippen molar-refractivity contribution in [2.45, 2.75) is 49.4 Å². The van der Waals surface area contributed by atoms with Crippen LogP contribution in [0.3, 0.4) is 0 Å². The van der Waals surface area contributed by atoms with Gasteiger partial charge in [-0.25, -0.2) is 0 Å². The third-order valence-electron chi connectivity index (χ3n) is 3.68. The minimum Gasteiger partial charge on any atom is -0.355 e. The number of amides is 1. The average molecular weight is 329 g/mol. The molecular weight excluding hydrogens is 304 g/mol. The Morgan fingerprint density at radius 1 is 1.43 bits per heavy atom. The lowest BCUT2D eigenvalue weighted by Crippen LogP contribution is -2.45. The number of nitrogens with zero attached hydrogens (tertiary/aromatic N) is 3. The van der Waals surface area contributed by atoms with Gasteiger partial charge in [-0.1, -0.05) is 35.9 Å². The molecule has 1 aliphatic rings. The number of aryl methyl sites for hydroxylation is 1. The Labute approximate surface area is 134 Å². The normalized spacial score (nSPS) is 20.2. The first-order valence-corrected chi connectivity index (χ1v) is 9.38. The van der Waals surface area contributed by atoms with Gasteiger partial charge in [-0.3, -0.25) is 9.69 Å². The van der Waals surface area contributed by atoms with Crippen molar-refractivity contribution in [1.82, 2.24) is 20.4 Å². The molecule has 5 nitrogen and oxygen atoms in total. The van der Waals surface area contributed by atoms with Crippen LogP contribution in [0.15, 0.2) is 4.34 Å². The maximum Gasteiger partial charge on any atom is 0.237 e. The average Bonchev–Trinajstić information content (AvgIpc) is 2.75. The summed E-state index contributed by atoms with van der Waals surface area (Å²) >= 11 is 3.34. The largest absolute Gasteiger partial charge is 0.355 e. The van der Waals surface area contributed by atoms with E-state index in [0.717, 1.165) is 47.5 Å². The highest BCUT2D eigenvalue weighted by Gasteiger charge is 2.23. The molecule has 0 aromatic carbocycles. The molecule has 0 spiro atoms. The van der Waals surface area contributed by atoms with Crippen LogP contribution in [0.25, 0.3) is 0 Å². The topological polar surface area (TPSA) is 58.1 Å². The number of carbonyl (C=O) groups excluding carboxylic acids is 1. The van der Waals surface area contributed by atoms with Crippen molar-refractivity contribution in [2.24, 2.45) is 0 Å². The molecule has 0 bridgehead atoms. The van der Waals surface area contributed by atoms with E-state index in [0.29, 0.717) is 0 Å². The molecule has 0 unspecified atom stereocenters. The van der Waals surface area contributed by atoms with E-state index in [4.69, 9.17) is 0 Å². The van der Waals surface area contributed by atoms with Crippen LogP contribution in [0.5, 0.6) is 0 Å². The molecule has 0 radical (unpaired) electrons. The Morgan fingerprint density at radius 2 is 2.29 bits per heavy atom. The zero-order valence-electron chi connectivity index (χ0n) is 12.8. The van der Waals surface area contributed by atoms with Gasteiger partial charge >= 0.3 is 0 Å². The molecule has 1 aromatic rings.